The van der Waals surface area contributed by atoms with Gasteiger partial charge in [-0.3, -0.25) is 10.1 Å². The summed E-state index contributed by atoms with van der Waals surface area (Å²) in [4.78, 5) is 26.3. The van der Waals surface area contributed by atoms with Crippen LogP contribution < -0.4 is 5.32 Å². The Balaban J connectivity index is 1.66. The van der Waals surface area contributed by atoms with Gasteiger partial charge < -0.3 is 10.1 Å². The summed E-state index contributed by atoms with van der Waals surface area (Å²) in [5.41, 5.74) is 0.875. The molecule has 0 aliphatic carbocycles. The second kappa shape index (κ2) is 7.61. The molecule has 27 heavy (non-hydrogen) atoms. The van der Waals surface area contributed by atoms with Gasteiger partial charge in [0.1, 0.15) is 23.2 Å². The molecule has 10 nitrogen and oxygen atoms in total. The minimum Gasteiger partial charge on any atom is -0.358 e. The second-order valence-electron chi connectivity index (χ2n) is 5.54. The van der Waals surface area contributed by atoms with Crippen LogP contribution in [0.1, 0.15) is 11.3 Å². The van der Waals surface area contributed by atoms with Gasteiger partial charge in [0.2, 0.25) is 5.95 Å². The molecular weight excluding hydrogens is 425 g/mol. The van der Waals surface area contributed by atoms with E-state index >= 15 is 0 Å². The van der Waals surface area contributed by atoms with Crippen LogP contribution in [0.3, 0.4) is 0 Å². The summed E-state index contributed by atoms with van der Waals surface area (Å²) in [5.74, 6) is -1.20. The number of hydrogen-bond acceptors (Lipinski definition) is 6. The fourth-order valence-corrected chi connectivity index (χ4v) is 2.74. The molecule has 0 fully saturated rings. The quantitative estimate of drug-likeness (QED) is 0.466. The largest absolute Gasteiger partial charge is 0.404 e. The van der Waals surface area contributed by atoms with E-state index in [0.29, 0.717) is 11.3 Å². The summed E-state index contributed by atoms with van der Waals surface area (Å²) in [6, 6.07) is 6.27. The number of halogens is 2. The fraction of sp³-hybridized carbons (Fsp3) is 0.200. The van der Waals surface area contributed by atoms with Gasteiger partial charge in [-0.2, -0.15) is 4.68 Å². The first-order valence-corrected chi connectivity index (χ1v) is 8.44. The van der Waals surface area contributed by atoms with E-state index in [9.17, 15) is 19.3 Å². The van der Waals surface area contributed by atoms with E-state index in [-0.39, 0.29) is 35.1 Å². The van der Waals surface area contributed by atoms with Gasteiger partial charge >= 0.3 is 5.82 Å². The smallest absolute Gasteiger partial charge is 0.358 e. The van der Waals surface area contributed by atoms with E-state index in [1.807, 2.05) is 0 Å². The van der Waals surface area contributed by atoms with Crippen LogP contribution in [0.2, 0.25) is 0 Å². The van der Waals surface area contributed by atoms with Crippen LogP contribution in [0, 0.1) is 22.9 Å². The van der Waals surface area contributed by atoms with Gasteiger partial charge in [0.25, 0.3) is 5.91 Å². The average Bonchev–Trinajstić information content (AvgIpc) is 3.16. The maximum atomic E-state index is 13.7. The van der Waals surface area contributed by atoms with Gasteiger partial charge in [-0.05, 0) is 33.8 Å². The van der Waals surface area contributed by atoms with Crippen molar-refractivity contribution in [1.29, 1.82) is 0 Å². The first kappa shape index (κ1) is 18.6. The van der Waals surface area contributed by atoms with E-state index < -0.39 is 10.8 Å². The Morgan fingerprint density at radius 2 is 2.11 bits per heavy atom. The van der Waals surface area contributed by atoms with E-state index in [2.05, 4.69) is 36.4 Å². The molecule has 2 heterocycles. The molecule has 0 saturated heterocycles. The maximum Gasteiger partial charge on any atom is 0.404 e. The van der Waals surface area contributed by atoms with Gasteiger partial charge in [0.05, 0.1) is 17.3 Å². The van der Waals surface area contributed by atoms with Crippen molar-refractivity contribution in [3.05, 3.63) is 62.3 Å². The molecule has 0 bridgehead atoms. The highest BCUT2D eigenvalue weighted by Gasteiger charge is 2.24. The van der Waals surface area contributed by atoms with Crippen molar-refractivity contribution in [3.8, 4) is 0 Å². The predicted molar refractivity (Wildman–Crippen MR) is 95.5 cm³/mol. The minimum absolute atomic E-state index is 0.0368. The Kier molecular flexibility index (Phi) is 5.26. The van der Waals surface area contributed by atoms with Crippen molar-refractivity contribution in [1.82, 2.24) is 24.5 Å². The van der Waals surface area contributed by atoms with Crippen molar-refractivity contribution in [3.63, 3.8) is 0 Å². The lowest BCUT2D eigenvalue weighted by molar-refractivity contribution is -0.390. The number of anilines is 1. The van der Waals surface area contributed by atoms with Crippen LogP contribution >= 0.6 is 15.9 Å². The molecule has 1 N–H and O–H groups in total. The lowest BCUT2D eigenvalue weighted by Crippen LogP contribution is -2.21. The number of amides is 1. The van der Waals surface area contributed by atoms with Crippen LogP contribution in [-0.4, -0.2) is 35.4 Å². The van der Waals surface area contributed by atoms with Crippen molar-refractivity contribution in [2.24, 2.45) is 0 Å². The average molecular weight is 438 g/mol. The zero-order chi connectivity index (χ0) is 19.6. The number of nitrogens with zero attached hydrogens (tertiary/aromatic N) is 6. The Morgan fingerprint density at radius 1 is 1.37 bits per heavy atom. The second-order valence-corrected chi connectivity index (χ2v) is 6.34. The van der Waals surface area contributed by atoms with E-state index in [4.69, 9.17) is 0 Å². The van der Waals surface area contributed by atoms with Crippen LogP contribution in [0.4, 0.5) is 16.2 Å². The van der Waals surface area contributed by atoms with Crippen molar-refractivity contribution >= 4 is 33.6 Å². The summed E-state index contributed by atoms with van der Waals surface area (Å²) in [6.45, 7) is 1.51. The first-order valence-electron chi connectivity index (χ1n) is 7.65. The number of aromatic nitrogens is 5. The van der Waals surface area contributed by atoms with E-state index in [0.717, 1.165) is 0 Å². The lowest BCUT2D eigenvalue weighted by Gasteiger charge is -2.02. The zero-order valence-corrected chi connectivity index (χ0v) is 15.6. The Morgan fingerprint density at radius 3 is 2.78 bits per heavy atom. The van der Waals surface area contributed by atoms with Crippen molar-refractivity contribution < 1.29 is 14.1 Å². The van der Waals surface area contributed by atoms with Crippen LogP contribution in [0.5, 0.6) is 0 Å². The molecule has 12 heteroatoms. The van der Waals surface area contributed by atoms with Gasteiger partial charge in [0.15, 0.2) is 0 Å². The van der Waals surface area contributed by atoms with Crippen molar-refractivity contribution in [2.75, 3.05) is 5.32 Å². The monoisotopic (exact) mass is 437 g/mol. The fourth-order valence-electron chi connectivity index (χ4n) is 2.31. The van der Waals surface area contributed by atoms with Crippen LogP contribution in [0.25, 0.3) is 0 Å². The third-order valence-electron chi connectivity index (χ3n) is 3.66. The molecular formula is C15H13BrFN7O3. The number of benzene rings is 1. The highest BCUT2D eigenvalue weighted by Crippen LogP contribution is 2.26. The molecule has 2 aromatic heterocycles. The standard InChI is InChI=1S/C15H13BrFN7O3/c1-9-13(16)14(24(26)27)20-23(9)7-12(25)19-15-18-8-22(21-15)6-10-4-2-3-5-11(10)17/h2-5,8H,6-7H2,1H3,(H,19,21,25). The molecule has 0 spiro atoms. The third kappa shape index (κ3) is 4.16. The molecule has 0 aliphatic rings. The number of hydrogen-bond donors (Lipinski definition) is 1. The van der Waals surface area contributed by atoms with Crippen molar-refractivity contribution in [2.45, 2.75) is 20.0 Å². The molecule has 1 aromatic carbocycles. The molecule has 0 saturated carbocycles. The Labute approximate surface area is 160 Å². The van der Waals surface area contributed by atoms with E-state index in [1.54, 1.807) is 25.1 Å². The lowest BCUT2D eigenvalue weighted by atomic mass is 10.2. The van der Waals surface area contributed by atoms with Gasteiger partial charge in [-0.25, -0.2) is 14.1 Å². The number of carbonyl (C=O) groups excluding carboxylic acids is 1. The normalized spacial score (nSPS) is 10.8. The van der Waals surface area contributed by atoms with Gasteiger partial charge in [0, 0.05) is 5.56 Å². The Hall–Kier alpha value is -3.15. The topological polar surface area (TPSA) is 121 Å². The molecule has 140 valence electrons. The molecule has 3 rings (SSSR count). The number of nitrogens with one attached hydrogen (secondary N) is 1. The summed E-state index contributed by atoms with van der Waals surface area (Å²) in [5, 5.41) is 21.2. The highest BCUT2D eigenvalue weighted by molar-refractivity contribution is 9.10. The van der Waals surface area contributed by atoms with E-state index in [1.165, 1.54) is 21.8 Å². The predicted octanol–water partition coefficient (Wildman–Crippen LogP) is 2.28. The molecule has 0 unspecified atom stereocenters. The molecule has 0 radical (unpaired) electrons. The van der Waals surface area contributed by atoms with Crippen LogP contribution in [0.15, 0.2) is 35.1 Å². The molecule has 0 atom stereocenters. The summed E-state index contributed by atoms with van der Waals surface area (Å²) in [6.07, 6.45) is 1.36. The van der Waals surface area contributed by atoms with Crippen LogP contribution in [-0.2, 0) is 17.9 Å². The summed E-state index contributed by atoms with van der Waals surface area (Å²) < 4.78 is 16.5. The number of carbonyl (C=O) groups is 1. The SMILES string of the molecule is Cc1c(Br)c([N+](=O)[O-])nn1CC(=O)Nc1ncn(Cc2ccccc2F)n1. The summed E-state index contributed by atoms with van der Waals surface area (Å²) >= 11 is 3.08. The molecule has 3 aromatic rings. The molecule has 1 amide bonds. The van der Waals surface area contributed by atoms with Gasteiger partial charge in [-0.1, -0.05) is 18.2 Å². The number of nitro groups is 1. The minimum atomic E-state index is -0.641. The molecule has 0 aliphatic heterocycles. The maximum absolute atomic E-state index is 13.7. The number of rotatable bonds is 6. The van der Waals surface area contributed by atoms with Gasteiger partial charge in [-0.15, -0.1) is 5.10 Å². The first-order chi connectivity index (χ1) is 12.8. The zero-order valence-electron chi connectivity index (χ0n) is 14.0. The highest BCUT2D eigenvalue weighted by atomic mass is 79.9. The third-order valence-corrected chi connectivity index (χ3v) is 4.59. The Bertz CT molecular complexity index is 1020. The summed E-state index contributed by atoms with van der Waals surface area (Å²) in [7, 11) is 0.